The molecule has 0 spiro atoms. The van der Waals surface area contributed by atoms with Crippen molar-refractivity contribution in [3.05, 3.63) is 59.1 Å². The zero-order valence-corrected chi connectivity index (χ0v) is 20.8. The Morgan fingerprint density at radius 2 is 1.59 bits per heavy atom. The summed E-state index contributed by atoms with van der Waals surface area (Å²) in [6.07, 6.45) is 5.19. The van der Waals surface area contributed by atoms with E-state index in [0.29, 0.717) is 16.4 Å². The van der Waals surface area contributed by atoms with E-state index in [-0.39, 0.29) is 30.0 Å². The molecule has 3 amide bonds. The van der Waals surface area contributed by atoms with Crippen LogP contribution in [0.25, 0.3) is 0 Å². The van der Waals surface area contributed by atoms with Crippen molar-refractivity contribution in [3.63, 3.8) is 0 Å². The summed E-state index contributed by atoms with van der Waals surface area (Å²) in [5.74, 6) is -1.90. The minimum absolute atomic E-state index is 0.114. The Balaban J connectivity index is 1.61. The van der Waals surface area contributed by atoms with E-state index in [0.717, 1.165) is 31.2 Å². The van der Waals surface area contributed by atoms with E-state index in [4.69, 9.17) is 11.6 Å². The van der Waals surface area contributed by atoms with Gasteiger partial charge in [-0.1, -0.05) is 48.6 Å². The molecule has 1 fully saturated rings. The van der Waals surface area contributed by atoms with Crippen LogP contribution in [0.15, 0.2) is 48.5 Å². The first-order chi connectivity index (χ1) is 16.3. The number of hydrogen-bond acceptors (Lipinski definition) is 4. The van der Waals surface area contributed by atoms with Crippen molar-refractivity contribution in [1.29, 1.82) is 0 Å². The first-order valence-electron chi connectivity index (χ1n) is 11.4. The van der Waals surface area contributed by atoms with Crippen LogP contribution in [0.4, 0.5) is 11.4 Å². The van der Waals surface area contributed by atoms with E-state index in [1.165, 1.54) is 11.3 Å². The fourth-order valence-corrected chi connectivity index (χ4v) is 4.88. The molecule has 3 rings (SSSR count). The summed E-state index contributed by atoms with van der Waals surface area (Å²) in [5.41, 5.74) is 2.14. The zero-order valence-electron chi connectivity index (χ0n) is 19.2. The number of halogens is 1. The lowest BCUT2D eigenvalue weighted by molar-refractivity contribution is -0.123. The Bertz CT molecular complexity index is 1020. The molecule has 1 aliphatic rings. The van der Waals surface area contributed by atoms with Gasteiger partial charge >= 0.3 is 0 Å². The molecule has 34 heavy (non-hydrogen) atoms. The summed E-state index contributed by atoms with van der Waals surface area (Å²) in [5, 5.41) is 6.18. The molecule has 9 heteroatoms. The van der Waals surface area contributed by atoms with Gasteiger partial charge in [0, 0.05) is 33.2 Å². The van der Waals surface area contributed by atoms with Gasteiger partial charge in [0.1, 0.15) is 18.1 Å². The molecular weight excluding hydrogens is 474 g/mol. The molecule has 1 atom stereocenters. The van der Waals surface area contributed by atoms with Crippen molar-refractivity contribution in [3.8, 4) is 0 Å². The van der Waals surface area contributed by atoms with Gasteiger partial charge in [-0.05, 0) is 56.2 Å². The second-order valence-electron chi connectivity index (χ2n) is 8.50. The summed E-state index contributed by atoms with van der Waals surface area (Å²) >= 11 is 5.97. The summed E-state index contributed by atoms with van der Waals surface area (Å²) in [7, 11) is -1.74. The van der Waals surface area contributed by atoms with Crippen LogP contribution in [0.2, 0.25) is 5.02 Å². The maximum Gasteiger partial charge on any atom is 0.240 e. The predicted octanol–water partition coefficient (Wildman–Crippen LogP) is 3.82. The van der Waals surface area contributed by atoms with E-state index in [2.05, 4.69) is 10.6 Å². The highest BCUT2D eigenvalue weighted by Gasteiger charge is 2.24. The first-order valence-corrected chi connectivity index (χ1v) is 13.2. The highest BCUT2D eigenvalue weighted by Crippen LogP contribution is 2.20. The number of nitrogens with one attached hydrogen (secondary N) is 2. The number of nitrogens with zero attached hydrogens (tertiary/aromatic N) is 1. The summed E-state index contributed by atoms with van der Waals surface area (Å²) < 4.78 is 12.6. The number of benzene rings is 2. The van der Waals surface area contributed by atoms with E-state index < -0.39 is 22.6 Å². The third-order valence-corrected chi connectivity index (χ3v) is 7.03. The Morgan fingerprint density at radius 3 is 2.24 bits per heavy atom. The van der Waals surface area contributed by atoms with Crippen LogP contribution in [-0.4, -0.2) is 46.0 Å². The van der Waals surface area contributed by atoms with Gasteiger partial charge in [-0.3, -0.25) is 18.6 Å². The summed E-state index contributed by atoms with van der Waals surface area (Å²) in [4.78, 5) is 39.3. The number of anilines is 2. The second-order valence-corrected chi connectivity index (χ2v) is 10.4. The standard InChI is InChI=1S/C25H30ClN3O4S/c1-18-7-11-21(12-8-18)28-24(31)16-34(33)17-25(32)29(22-13-9-19(26)10-14-22)15-23(30)27-20-5-3-2-4-6-20/h7-14,20H,2-6,15-17H2,1H3,(H,27,30)(H,28,31)/t34-/m0/s1. The molecule has 0 bridgehead atoms. The SMILES string of the molecule is Cc1ccc(NC(=O)C[S@](=O)CC(=O)N(CC(=O)NC2CCCCC2)c2ccc(Cl)cc2)cc1. The molecule has 0 unspecified atom stereocenters. The number of amides is 3. The molecule has 1 saturated carbocycles. The number of hydrogen-bond donors (Lipinski definition) is 2. The fraction of sp³-hybridized carbons (Fsp3) is 0.400. The first kappa shape index (κ1) is 25.9. The lowest BCUT2D eigenvalue weighted by Gasteiger charge is -2.26. The van der Waals surface area contributed by atoms with Gasteiger partial charge in [0.2, 0.25) is 17.7 Å². The van der Waals surface area contributed by atoms with Crippen molar-refractivity contribution >= 4 is 51.5 Å². The molecule has 0 aromatic heterocycles. The topological polar surface area (TPSA) is 95.6 Å². The molecule has 0 heterocycles. The normalized spacial score (nSPS) is 14.8. The van der Waals surface area contributed by atoms with Crippen molar-refractivity contribution in [2.45, 2.75) is 45.1 Å². The Hall–Kier alpha value is -2.71. The van der Waals surface area contributed by atoms with E-state index in [1.54, 1.807) is 36.4 Å². The Labute approximate surface area is 207 Å². The minimum Gasteiger partial charge on any atom is -0.352 e. The summed E-state index contributed by atoms with van der Waals surface area (Å²) in [6.45, 7) is 1.75. The Morgan fingerprint density at radius 1 is 0.941 bits per heavy atom. The van der Waals surface area contributed by atoms with E-state index in [9.17, 15) is 18.6 Å². The maximum absolute atomic E-state index is 13.0. The third-order valence-electron chi connectivity index (χ3n) is 5.62. The van der Waals surface area contributed by atoms with E-state index >= 15 is 0 Å². The second kappa shape index (κ2) is 12.7. The van der Waals surface area contributed by atoms with Crippen LogP contribution in [0.1, 0.15) is 37.7 Å². The third kappa shape index (κ3) is 8.25. The van der Waals surface area contributed by atoms with Crippen LogP contribution >= 0.6 is 11.6 Å². The zero-order chi connectivity index (χ0) is 24.5. The molecule has 2 N–H and O–H groups in total. The molecule has 0 radical (unpaired) electrons. The van der Waals surface area contributed by atoms with Gasteiger partial charge in [0.05, 0.1) is 0 Å². The molecule has 2 aromatic rings. The molecule has 2 aromatic carbocycles. The molecule has 182 valence electrons. The quantitative estimate of drug-likeness (QED) is 0.543. The van der Waals surface area contributed by atoms with Gasteiger partial charge in [-0.25, -0.2) is 0 Å². The van der Waals surface area contributed by atoms with Crippen LogP contribution in [0.3, 0.4) is 0 Å². The van der Waals surface area contributed by atoms with Crippen molar-refractivity contribution in [2.75, 3.05) is 28.3 Å². The van der Waals surface area contributed by atoms with Crippen LogP contribution in [0.5, 0.6) is 0 Å². The highest BCUT2D eigenvalue weighted by molar-refractivity contribution is 7.86. The van der Waals surface area contributed by atoms with Crippen LogP contribution in [-0.2, 0) is 25.2 Å². The average molecular weight is 504 g/mol. The predicted molar refractivity (Wildman–Crippen MR) is 137 cm³/mol. The smallest absolute Gasteiger partial charge is 0.240 e. The van der Waals surface area contributed by atoms with Gasteiger partial charge in [-0.15, -0.1) is 0 Å². The highest BCUT2D eigenvalue weighted by atomic mass is 35.5. The average Bonchev–Trinajstić information content (AvgIpc) is 2.80. The summed E-state index contributed by atoms with van der Waals surface area (Å²) in [6, 6.07) is 13.9. The number of carbonyl (C=O) groups is 3. The monoisotopic (exact) mass is 503 g/mol. The van der Waals surface area contributed by atoms with Crippen molar-refractivity contribution in [1.82, 2.24) is 5.32 Å². The molecule has 0 aliphatic heterocycles. The van der Waals surface area contributed by atoms with Crippen LogP contribution < -0.4 is 15.5 Å². The number of carbonyl (C=O) groups excluding carboxylic acids is 3. The maximum atomic E-state index is 13.0. The van der Waals surface area contributed by atoms with E-state index in [1.807, 2.05) is 19.1 Å². The Kier molecular flexibility index (Phi) is 9.65. The molecule has 0 saturated heterocycles. The largest absolute Gasteiger partial charge is 0.352 e. The number of aryl methyl sites for hydroxylation is 1. The van der Waals surface area contributed by atoms with Gasteiger partial charge < -0.3 is 15.5 Å². The number of rotatable bonds is 9. The van der Waals surface area contributed by atoms with Crippen molar-refractivity contribution < 1.29 is 18.6 Å². The van der Waals surface area contributed by atoms with Gasteiger partial charge in [-0.2, -0.15) is 0 Å². The van der Waals surface area contributed by atoms with Crippen molar-refractivity contribution in [2.24, 2.45) is 0 Å². The lowest BCUT2D eigenvalue weighted by atomic mass is 9.95. The van der Waals surface area contributed by atoms with Gasteiger partial charge in [0.25, 0.3) is 0 Å². The fourth-order valence-electron chi connectivity index (χ4n) is 3.86. The van der Waals surface area contributed by atoms with Crippen LogP contribution in [0, 0.1) is 6.92 Å². The minimum atomic E-state index is -1.74. The molecule has 7 nitrogen and oxygen atoms in total. The van der Waals surface area contributed by atoms with Gasteiger partial charge in [0.15, 0.2) is 0 Å². The molecular formula is C25H30ClN3O4S. The molecule has 1 aliphatic carbocycles. The lowest BCUT2D eigenvalue weighted by Crippen LogP contribution is -2.46.